The number of benzene rings is 1. The first-order valence-corrected chi connectivity index (χ1v) is 8.58. The van der Waals surface area contributed by atoms with Crippen molar-refractivity contribution < 1.29 is 0 Å². The Balaban J connectivity index is 2.63. The number of rotatable bonds is 6. The number of allylic oxidation sites excluding steroid dienone is 1. The molecule has 0 fully saturated rings. The first-order chi connectivity index (χ1) is 7.38. The fourth-order valence-electron chi connectivity index (χ4n) is 1.37. The molecule has 0 saturated heterocycles. The summed E-state index contributed by atoms with van der Waals surface area (Å²) in [6.07, 6.45) is 6.32. The van der Waals surface area contributed by atoms with Crippen LogP contribution in [0, 0.1) is 0 Å². The first kappa shape index (κ1) is 12.8. The summed E-state index contributed by atoms with van der Waals surface area (Å²) < 4.78 is 3.10. The standard InChI is InChI=1S/C14H20Te/c1-3-5-12-15-14(9-4-2)13-10-7-6-8-11-13/h6-11H,3-5,12H2,1-2H3/b14-9+. The van der Waals surface area contributed by atoms with Crippen LogP contribution in [0.5, 0.6) is 0 Å². The normalized spacial score (nSPS) is 11.7. The Bertz CT molecular complexity index is 287. The van der Waals surface area contributed by atoms with E-state index >= 15 is 0 Å². The van der Waals surface area contributed by atoms with Crippen LogP contribution in [0.15, 0.2) is 36.4 Å². The molecule has 15 heavy (non-hydrogen) atoms. The van der Waals surface area contributed by atoms with E-state index in [9.17, 15) is 0 Å². The van der Waals surface area contributed by atoms with Gasteiger partial charge in [-0.25, -0.2) is 0 Å². The summed E-state index contributed by atoms with van der Waals surface area (Å²) in [7, 11) is 0. The van der Waals surface area contributed by atoms with Crippen LogP contribution < -0.4 is 0 Å². The zero-order valence-corrected chi connectivity index (χ0v) is 12.0. The molecule has 1 aromatic carbocycles. The second kappa shape index (κ2) is 7.97. The van der Waals surface area contributed by atoms with Crippen LogP contribution in [0.4, 0.5) is 0 Å². The van der Waals surface area contributed by atoms with Crippen LogP contribution in [-0.4, -0.2) is 20.9 Å². The SMILES string of the molecule is CC/C=C(/[Te]CCCC)c1ccccc1. The van der Waals surface area contributed by atoms with Gasteiger partial charge in [-0.05, 0) is 0 Å². The molecule has 0 atom stereocenters. The Kier molecular flexibility index (Phi) is 6.81. The topological polar surface area (TPSA) is 0 Å². The van der Waals surface area contributed by atoms with Crippen LogP contribution in [0.3, 0.4) is 0 Å². The van der Waals surface area contributed by atoms with Crippen molar-refractivity contribution in [2.75, 3.05) is 0 Å². The van der Waals surface area contributed by atoms with E-state index < -0.39 is 0 Å². The fourth-order valence-corrected chi connectivity index (χ4v) is 4.91. The minimum atomic E-state index is 0.0469. The molecule has 0 heterocycles. The average molecular weight is 316 g/mol. The summed E-state index contributed by atoms with van der Waals surface area (Å²) in [5, 5.41) is 0. The van der Waals surface area contributed by atoms with Crippen LogP contribution >= 0.6 is 0 Å². The van der Waals surface area contributed by atoms with Gasteiger partial charge < -0.3 is 0 Å². The van der Waals surface area contributed by atoms with E-state index in [1.807, 2.05) is 0 Å². The summed E-state index contributed by atoms with van der Waals surface area (Å²) in [6.45, 7) is 4.51. The van der Waals surface area contributed by atoms with E-state index in [1.54, 1.807) is 3.62 Å². The van der Waals surface area contributed by atoms with E-state index in [0.29, 0.717) is 0 Å². The Hall–Kier alpha value is -0.250. The molecule has 0 saturated carbocycles. The van der Waals surface area contributed by atoms with Crippen molar-refractivity contribution in [1.82, 2.24) is 0 Å². The molecule has 0 radical (unpaired) electrons. The van der Waals surface area contributed by atoms with Gasteiger partial charge in [0.2, 0.25) is 0 Å². The molecule has 0 aliphatic heterocycles. The number of hydrogen-bond acceptors (Lipinski definition) is 0. The van der Waals surface area contributed by atoms with Crippen molar-refractivity contribution in [3.8, 4) is 0 Å². The second-order valence-corrected chi connectivity index (χ2v) is 6.79. The number of hydrogen-bond donors (Lipinski definition) is 0. The van der Waals surface area contributed by atoms with Crippen molar-refractivity contribution in [3.63, 3.8) is 0 Å². The van der Waals surface area contributed by atoms with Gasteiger partial charge in [-0.15, -0.1) is 0 Å². The molecule has 1 rings (SSSR count). The molecular formula is C14H20Te. The van der Waals surface area contributed by atoms with Gasteiger partial charge in [0, 0.05) is 0 Å². The zero-order valence-electron chi connectivity index (χ0n) is 9.70. The summed E-state index contributed by atoms with van der Waals surface area (Å²) in [4.78, 5) is 0. The zero-order chi connectivity index (χ0) is 10.9. The van der Waals surface area contributed by atoms with Gasteiger partial charge in [0.15, 0.2) is 0 Å². The van der Waals surface area contributed by atoms with Crippen LogP contribution in [0.25, 0.3) is 3.62 Å². The van der Waals surface area contributed by atoms with Crippen molar-refractivity contribution in [1.29, 1.82) is 0 Å². The summed E-state index contributed by atoms with van der Waals surface area (Å²) in [5.74, 6) is 0. The van der Waals surface area contributed by atoms with E-state index in [2.05, 4.69) is 50.3 Å². The molecular weight excluding hydrogens is 296 g/mol. The molecule has 0 aromatic heterocycles. The third-order valence-electron chi connectivity index (χ3n) is 2.20. The summed E-state index contributed by atoms with van der Waals surface area (Å²) >= 11 is 0.0469. The Morgan fingerprint density at radius 3 is 2.53 bits per heavy atom. The molecule has 0 unspecified atom stereocenters. The fraction of sp³-hybridized carbons (Fsp3) is 0.429. The van der Waals surface area contributed by atoms with E-state index in [4.69, 9.17) is 0 Å². The van der Waals surface area contributed by atoms with Gasteiger partial charge in [-0.1, -0.05) is 0 Å². The molecule has 82 valence electrons. The third kappa shape index (κ3) is 4.87. The predicted molar refractivity (Wildman–Crippen MR) is 70.2 cm³/mol. The quantitative estimate of drug-likeness (QED) is 0.540. The molecule has 1 aromatic rings. The first-order valence-electron chi connectivity index (χ1n) is 5.76. The maximum atomic E-state index is 2.42. The molecule has 0 aliphatic rings. The van der Waals surface area contributed by atoms with Gasteiger partial charge in [0.25, 0.3) is 0 Å². The maximum absolute atomic E-state index is 2.42. The van der Waals surface area contributed by atoms with Gasteiger partial charge in [-0.2, -0.15) is 0 Å². The van der Waals surface area contributed by atoms with Gasteiger partial charge in [-0.3, -0.25) is 0 Å². The van der Waals surface area contributed by atoms with Crippen molar-refractivity contribution in [2.45, 2.75) is 37.6 Å². The average Bonchev–Trinajstić information content (AvgIpc) is 2.29. The van der Waals surface area contributed by atoms with Crippen LogP contribution in [-0.2, 0) is 0 Å². The van der Waals surface area contributed by atoms with Crippen LogP contribution in [0.1, 0.15) is 38.7 Å². The number of unbranched alkanes of at least 4 members (excludes halogenated alkanes) is 1. The van der Waals surface area contributed by atoms with Gasteiger partial charge in [0.1, 0.15) is 0 Å². The Morgan fingerprint density at radius 1 is 1.20 bits per heavy atom. The van der Waals surface area contributed by atoms with Crippen LogP contribution in [0.2, 0.25) is 4.47 Å². The van der Waals surface area contributed by atoms with E-state index in [-0.39, 0.29) is 20.9 Å². The monoisotopic (exact) mass is 318 g/mol. The van der Waals surface area contributed by atoms with E-state index in [0.717, 1.165) is 0 Å². The van der Waals surface area contributed by atoms with Crippen molar-refractivity contribution in [3.05, 3.63) is 42.0 Å². The summed E-state index contributed by atoms with van der Waals surface area (Å²) in [5.41, 5.74) is 1.46. The molecule has 0 N–H and O–H groups in total. The Labute approximate surface area is 104 Å². The molecule has 0 bridgehead atoms. The van der Waals surface area contributed by atoms with Crippen molar-refractivity contribution >= 4 is 24.5 Å². The van der Waals surface area contributed by atoms with Crippen molar-refractivity contribution in [2.24, 2.45) is 0 Å². The predicted octanol–water partition coefficient (Wildman–Crippen LogP) is 4.36. The third-order valence-corrected chi connectivity index (χ3v) is 5.65. The van der Waals surface area contributed by atoms with E-state index in [1.165, 1.54) is 29.3 Å². The minimum absolute atomic E-state index is 0.0469. The molecule has 0 aliphatic carbocycles. The Morgan fingerprint density at radius 2 is 1.93 bits per heavy atom. The molecule has 0 amide bonds. The second-order valence-electron chi connectivity index (χ2n) is 3.54. The molecule has 0 spiro atoms. The van der Waals surface area contributed by atoms with Gasteiger partial charge in [0.05, 0.1) is 0 Å². The summed E-state index contributed by atoms with van der Waals surface area (Å²) in [6, 6.07) is 10.9. The molecule has 1 heteroatoms. The molecule has 0 nitrogen and oxygen atoms in total. The van der Waals surface area contributed by atoms with Gasteiger partial charge >= 0.3 is 104 Å².